The Bertz CT molecular complexity index is 667. The lowest BCUT2D eigenvalue weighted by molar-refractivity contribution is -0.129. The fourth-order valence-electron chi connectivity index (χ4n) is 3.18. The molecule has 0 saturated carbocycles. The third-order valence-electron chi connectivity index (χ3n) is 4.49. The molecule has 8 heteroatoms. The highest BCUT2D eigenvalue weighted by Crippen LogP contribution is 2.28. The maximum atomic E-state index is 13.0. The Hall–Kier alpha value is -1.47. The van der Waals surface area contributed by atoms with Gasteiger partial charge in [-0.1, -0.05) is 11.6 Å². The Balaban J connectivity index is 1.47. The van der Waals surface area contributed by atoms with Gasteiger partial charge in [0, 0.05) is 24.0 Å². The topological polar surface area (TPSA) is 49.9 Å². The van der Waals surface area contributed by atoms with Crippen LogP contribution in [0.2, 0.25) is 5.02 Å². The minimum Gasteiger partial charge on any atom is -0.444 e. The number of ether oxygens (including phenoxy) is 1. The van der Waals surface area contributed by atoms with Crippen LogP contribution in [0.5, 0.6) is 0 Å². The molecule has 136 valence electrons. The van der Waals surface area contributed by atoms with Gasteiger partial charge < -0.3 is 14.5 Å². The van der Waals surface area contributed by atoms with Crippen LogP contribution in [0.1, 0.15) is 19.8 Å². The fourth-order valence-corrected chi connectivity index (χ4v) is 4.33. The predicted octanol–water partition coefficient (Wildman–Crippen LogP) is 3.40. The van der Waals surface area contributed by atoms with Crippen LogP contribution in [0, 0.1) is 5.82 Å². The molecule has 2 fully saturated rings. The van der Waals surface area contributed by atoms with Gasteiger partial charge in [0.15, 0.2) is 0 Å². The number of hydrogen-bond acceptors (Lipinski definition) is 4. The third kappa shape index (κ3) is 4.39. The highest BCUT2D eigenvalue weighted by molar-refractivity contribution is 8.00. The molecule has 2 saturated heterocycles. The quantitative estimate of drug-likeness (QED) is 0.744. The average molecular weight is 387 g/mol. The van der Waals surface area contributed by atoms with Crippen molar-refractivity contribution in [2.24, 2.45) is 0 Å². The predicted molar refractivity (Wildman–Crippen MR) is 94.4 cm³/mol. The Morgan fingerprint density at radius 1 is 1.40 bits per heavy atom. The van der Waals surface area contributed by atoms with E-state index >= 15 is 0 Å². The molecule has 3 rings (SSSR count). The summed E-state index contributed by atoms with van der Waals surface area (Å²) in [7, 11) is 0. The summed E-state index contributed by atoms with van der Waals surface area (Å²) in [6.45, 7) is 3.75. The van der Waals surface area contributed by atoms with Crippen molar-refractivity contribution in [3.63, 3.8) is 0 Å². The van der Waals surface area contributed by atoms with Gasteiger partial charge in [0.2, 0.25) is 5.91 Å². The van der Waals surface area contributed by atoms with E-state index in [0.29, 0.717) is 29.6 Å². The van der Waals surface area contributed by atoms with E-state index < -0.39 is 5.82 Å². The normalized spacial score (nSPS) is 21.6. The molecule has 5 nitrogen and oxygen atoms in total. The molecule has 0 aliphatic carbocycles. The van der Waals surface area contributed by atoms with Gasteiger partial charge >= 0.3 is 6.09 Å². The largest absolute Gasteiger partial charge is 0.444 e. The fraction of sp³-hybridized carbons (Fsp3) is 0.529. The number of nitrogens with zero attached hydrogens (tertiary/aromatic N) is 2. The van der Waals surface area contributed by atoms with Gasteiger partial charge in [-0.2, -0.15) is 0 Å². The van der Waals surface area contributed by atoms with Crippen LogP contribution in [0.15, 0.2) is 23.1 Å². The molecule has 0 radical (unpaired) electrons. The highest BCUT2D eigenvalue weighted by atomic mass is 35.5. The number of likely N-dealkylation sites (tertiary alicyclic amines) is 1. The van der Waals surface area contributed by atoms with Crippen LogP contribution >= 0.6 is 23.4 Å². The number of halogens is 2. The minimum absolute atomic E-state index is 0.0289. The Kier molecular flexibility index (Phi) is 5.74. The maximum Gasteiger partial charge on any atom is 0.410 e. The van der Waals surface area contributed by atoms with Crippen LogP contribution < -0.4 is 0 Å². The van der Waals surface area contributed by atoms with E-state index in [9.17, 15) is 14.0 Å². The van der Waals surface area contributed by atoms with E-state index in [2.05, 4.69) is 0 Å². The van der Waals surface area contributed by atoms with Crippen LogP contribution in [-0.2, 0) is 9.53 Å². The number of rotatable bonds is 4. The zero-order chi connectivity index (χ0) is 18.0. The SMILES string of the molecule is CC1CN(C2CCN(C(=O)CSc3ccc(F)cc3Cl)CC2)C(=O)O1. The first kappa shape index (κ1) is 18.3. The van der Waals surface area contributed by atoms with E-state index in [4.69, 9.17) is 16.3 Å². The van der Waals surface area contributed by atoms with Crippen molar-refractivity contribution in [3.05, 3.63) is 29.0 Å². The molecular formula is C17H20ClFN2O3S. The standard InChI is InChI=1S/C17H20ClFN2O3S/c1-11-9-21(17(23)24-11)13-4-6-20(7-5-13)16(22)10-25-15-3-2-12(19)8-14(15)18/h2-3,8,11,13H,4-7,9-10H2,1H3. The Labute approximate surface area is 155 Å². The van der Waals surface area contributed by atoms with Gasteiger partial charge in [-0.3, -0.25) is 4.79 Å². The van der Waals surface area contributed by atoms with E-state index in [1.54, 1.807) is 11.0 Å². The second-order valence-corrected chi connectivity index (χ2v) is 7.75. The number of carbonyl (C=O) groups excluding carboxylic acids is 2. The van der Waals surface area contributed by atoms with E-state index in [1.807, 2.05) is 11.8 Å². The Morgan fingerprint density at radius 3 is 2.72 bits per heavy atom. The lowest BCUT2D eigenvalue weighted by Crippen LogP contribution is -2.47. The van der Waals surface area contributed by atoms with Crippen LogP contribution in [0.25, 0.3) is 0 Å². The maximum absolute atomic E-state index is 13.0. The smallest absolute Gasteiger partial charge is 0.410 e. The molecule has 1 atom stereocenters. The van der Waals surface area contributed by atoms with Gasteiger partial charge in [-0.05, 0) is 38.0 Å². The molecular weight excluding hydrogens is 367 g/mol. The number of cyclic esters (lactones) is 1. The Morgan fingerprint density at radius 2 is 2.12 bits per heavy atom. The number of thioether (sulfide) groups is 1. The minimum atomic E-state index is -0.391. The molecule has 2 amide bonds. The van der Waals surface area contributed by atoms with Crippen molar-refractivity contribution in [1.82, 2.24) is 9.80 Å². The lowest BCUT2D eigenvalue weighted by Gasteiger charge is -2.35. The van der Waals surface area contributed by atoms with Crippen molar-refractivity contribution in [2.45, 2.75) is 36.8 Å². The van der Waals surface area contributed by atoms with Gasteiger partial charge in [0.05, 0.1) is 17.3 Å². The first-order valence-corrected chi connectivity index (χ1v) is 9.63. The van der Waals surface area contributed by atoms with Crippen molar-refractivity contribution in [1.29, 1.82) is 0 Å². The van der Waals surface area contributed by atoms with Crippen molar-refractivity contribution >= 4 is 35.4 Å². The molecule has 1 unspecified atom stereocenters. The molecule has 25 heavy (non-hydrogen) atoms. The van der Waals surface area contributed by atoms with E-state index in [-0.39, 0.29) is 29.9 Å². The van der Waals surface area contributed by atoms with Crippen LogP contribution in [0.4, 0.5) is 9.18 Å². The highest BCUT2D eigenvalue weighted by Gasteiger charge is 2.36. The number of benzene rings is 1. The van der Waals surface area contributed by atoms with Crippen molar-refractivity contribution in [3.8, 4) is 0 Å². The first-order valence-electron chi connectivity index (χ1n) is 8.27. The number of piperidine rings is 1. The zero-order valence-corrected chi connectivity index (χ0v) is 15.5. The van der Waals surface area contributed by atoms with Crippen molar-refractivity contribution < 1.29 is 18.7 Å². The molecule has 2 aliphatic heterocycles. The van der Waals surface area contributed by atoms with E-state index in [0.717, 1.165) is 12.8 Å². The summed E-state index contributed by atoms with van der Waals surface area (Å²) >= 11 is 7.29. The first-order chi connectivity index (χ1) is 11.9. The monoisotopic (exact) mass is 386 g/mol. The molecule has 2 aliphatic rings. The summed E-state index contributed by atoms with van der Waals surface area (Å²) in [5, 5.41) is 0.318. The summed E-state index contributed by atoms with van der Waals surface area (Å²) < 4.78 is 18.2. The molecule has 1 aromatic rings. The molecule has 1 aromatic carbocycles. The molecule has 0 bridgehead atoms. The number of carbonyl (C=O) groups is 2. The van der Waals surface area contributed by atoms with Crippen LogP contribution in [0.3, 0.4) is 0 Å². The second kappa shape index (κ2) is 7.83. The lowest BCUT2D eigenvalue weighted by atomic mass is 10.0. The summed E-state index contributed by atoms with van der Waals surface area (Å²) in [4.78, 5) is 28.5. The molecule has 0 N–H and O–H groups in total. The third-order valence-corrected chi connectivity index (χ3v) is 5.98. The summed E-state index contributed by atoms with van der Waals surface area (Å²) in [6.07, 6.45) is 1.20. The van der Waals surface area contributed by atoms with Gasteiger partial charge in [-0.15, -0.1) is 11.8 Å². The molecule has 2 heterocycles. The average Bonchev–Trinajstić information content (AvgIpc) is 2.92. The van der Waals surface area contributed by atoms with Crippen LogP contribution in [-0.4, -0.2) is 59.3 Å². The number of amides is 2. The molecule has 0 spiro atoms. The number of hydrogen-bond donors (Lipinski definition) is 0. The second-order valence-electron chi connectivity index (χ2n) is 6.32. The zero-order valence-electron chi connectivity index (χ0n) is 13.9. The van der Waals surface area contributed by atoms with E-state index in [1.165, 1.54) is 23.9 Å². The summed E-state index contributed by atoms with van der Waals surface area (Å²) in [6, 6.07) is 4.30. The molecule has 0 aromatic heterocycles. The summed E-state index contributed by atoms with van der Waals surface area (Å²) in [5.74, 6) is -0.0996. The van der Waals surface area contributed by atoms with Crippen molar-refractivity contribution in [2.75, 3.05) is 25.4 Å². The van der Waals surface area contributed by atoms with Gasteiger partial charge in [-0.25, -0.2) is 9.18 Å². The van der Waals surface area contributed by atoms with Gasteiger partial charge in [0.25, 0.3) is 0 Å². The van der Waals surface area contributed by atoms with Gasteiger partial charge in [0.1, 0.15) is 11.9 Å². The summed E-state index contributed by atoms with van der Waals surface area (Å²) in [5.41, 5.74) is 0.